The Hall–Kier alpha value is -3.58. The number of hydrogen-bond donors (Lipinski definition) is 0. The molecule has 5 rings (SSSR count). The van der Waals surface area contributed by atoms with E-state index in [0.29, 0.717) is 30.1 Å². The Morgan fingerprint density at radius 3 is 2.81 bits per heavy atom. The van der Waals surface area contributed by atoms with Crippen LogP contribution in [0.2, 0.25) is 0 Å². The minimum Gasteiger partial charge on any atom is -0.497 e. The second-order valence-corrected chi connectivity index (χ2v) is 7.60. The van der Waals surface area contributed by atoms with Gasteiger partial charge in [0.2, 0.25) is 5.78 Å². The smallest absolute Gasteiger partial charge is 0.340 e. The van der Waals surface area contributed by atoms with Crippen LogP contribution in [0.3, 0.4) is 0 Å². The van der Waals surface area contributed by atoms with Gasteiger partial charge in [0.15, 0.2) is 11.9 Å². The molecule has 1 unspecified atom stereocenters. The third-order valence-electron chi connectivity index (χ3n) is 5.57. The van der Waals surface area contributed by atoms with Gasteiger partial charge in [-0.15, -0.1) is 0 Å². The molecule has 0 bridgehead atoms. The molecule has 0 aliphatic carbocycles. The molecular formula is C24H21NO6. The number of hydrogen-bond acceptors (Lipinski definition) is 6. The minimum absolute atomic E-state index is 0.216. The number of ketones is 1. The number of aryl methyl sites for hydroxylation is 1. The maximum absolute atomic E-state index is 12.9. The number of nitrogens with zero attached hydrogens (tertiary/aromatic N) is 1. The molecule has 0 radical (unpaired) electrons. The van der Waals surface area contributed by atoms with Crippen LogP contribution in [-0.2, 0) is 16.6 Å². The van der Waals surface area contributed by atoms with Crippen molar-refractivity contribution in [2.45, 2.75) is 18.9 Å². The number of ether oxygens (including phenoxy) is 4. The van der Waals surface area contributed by atoms with Crippen LogP contribution in [0.4, 0.5) is 0 Å². The van der Waals surface area contributed by atoms with Crippen molar-refractivity contribution < 1.29 is 28.5 Å². The third kappa shape index (κ3) is 3.47. The van der Waals surface area contributed by atoms with Crippen LogP contribution in [0.25, 0.3) is 17.0 Å². The molecule has 158 valence electrons. The number of carbonyl (C=O) groups excluding carboxylic acids is 2. The second kappa shape index (κ2) is 7.59. The summed E-state index contributed by atoms with van der Waals surface area (Å²) in [4.78, 5) is 25.0. The number of carbonyl (C=O) groups is 2. The van der Waals surface area contributed by atoms with Crippen molar-refractivity contribution in [1.29, 1.82) is 0 Å². The van der Waals surface area contributed by atoms with Gasteiger partial charge in [-0.2, -0.15) is 0 Å². The van der Waals surface area contributed by atoms with Crippen molar-refractivity contribution in [3.05, 3.63) is 59.5 Å². The molecule has 2 aromatic carbocycles. The maximum atomic E-state index is 12.9. The Morgan fingerprint density at radius 1 is 1.19 bits per heavy atom. The van der Waals surface area contributed by atoms with Crippen LogP contribution in [0.5, 0.6) is 17.2 Å². The van der Waals surface area contributed by atoms with Crippen molar-refractivity contribution in [3.8, 4) is 17.2 Å². The second-order valence-electron chi connectivity index (χ2n) is 7.60. The van der Waals surface area contributed by atoms with Crippen molar-refractivity contribution in [1.82, 2.24) is 4.57 Å². The van der Waals surface area contributed by atoms with Gasteiger partial charge in [0.05, 0.1) is 12.7 Å². The maximum Gasteiger partial charge on any atom is 0.340 e. The first-order valence-electron chi connectivity index (χ1n) is 10.1. The predicted octanol–water partition coefficient (Wildman–Crippen LogP) is 3.89. The number of esters is 1. The van der Waals surface area contributed by atoms with E-state index < -0.39 is 12.1 Å². The molecule has 0 N–H and O–H groups in total. The normalized spacial score (nSPS) is 19.0. The average Bonchev–Trinajstić information content (AvgIpc) is 3.48. The summed E-state index contributed by atoms with van der Waals surface area (Å²) >= 11 is 0. The van der Waals surface area contributed by atoms with Crippen LogP contribution in [0.1, 0.15) is 28.8 Å². The van der Waals surface area contributed by atoms with Crippen LogP contribution >= 0.6 is 0 Å². The van der Waals surface area contributed by atoms with Gasteiger partial charge in [0.25, 0.3) is 0 Å². The lowest BCUT2D eigenvalue weighted by atomic mass is 10.1. The van der Waals surface area contributed by atoms with Crippen molar-refractivity contribution in [3.63, 3.8) is 0 Å². The summed E-state index contributed by atoms with van der Waals surface area (Å²) in [6, 6.07) is 10.6. The molecule has 1 atom stereocenters. The summed E-state index contributed by atoms with van der Waals surface area (Å²) in [6.07, 6.45) is 4.62. The molecule has 1 aromatic heterocycles. The number of Topliss-reactive ketones (excluding diaryl/α,β-unsaturated/α-hetero) is 1. The fraction of sp³-hybridized carbons (Fsp3) is 0.250. The summed E-state index contributed by atoms with van der Waals surface area (Å²) in [5.74, 6) is 0.995. The first-order valence-corrected chi connectivity index (χ1v) is 10.1. The highest BCUT2D eigenvalue weighted by Crippen LogP contribution is 2.36. The summed E-state index contributed by atoms with van der Waals surface area (Å²) in [6.45, 7) is 0.565. The van der Waals surface area contributed by atoms with Gasteiger partial charge >= 0.3 is 5.97 Å². The monoisotopic (exact) mass is 419 g/mol. The van der Waals surface area contributed by atoms with Gasteiger partial charge in [-0.05, 0) is 49.2 Å². The van der Waals surface area contributed by atoms with Crippen molar-refractivity contribution in [2.75, 3.05) is 13.7 Å². The van der Waals surface area contributed by atoms with Gasteiger partial charge in [-0.1, -0.05) is 0 Å². The minimum atomic E-state index is -0.533. The van der Waals surface area contributed by atoms with Crippen LogP contribution < -0.4 is 14.2 Å². The summed E-state index contributed by atoms with van der Waals surface area (Å²) in [5, 5.41) is 0.952. The molecule has 2 aliphatic rings. The molecule has 3 aromatic rings. The van der Waals surface area contributed by atoms with Gasteiger partial charge in [-0.3, -0.25) is 4.79 Å². The Bertz CT molecular complexity index is 1230. The highest BCUT2D eigenvalue weighted by atomic mass is 16.6. The summed E-state index contributed by atoms with van der Waals surface area (Å²) < 4.78 is 23.9. The zero-order valence-corrected chi connectivity index (χ0v) is 17.2. The summed E-state index contributed by atoms with van der Waals surface area (Å²) in [5.41, 5.74) is 2.29. The molecule has 0 saturated carbocycles. The fourth-order valence-electron chi connectivity index (χ4n) is 3.96. The topological polar surface area (TPSA) is 76.0 Å². The lowest BCUT2D eigenvalue weighted by Gasteiger charge is -2.09. The Balaban J connectivity index is 1.42. The zero-order valence-electron chi connectivity index (χ0n) is 17.2. The molecule has 3 heterocycles. The van der Waals surface area contributed by atoms with E-state index in [-0.39, 0.29) is 11.5 Å². The van der Waals surface area contributed by atoms with Crippen LogP contribution in [0, 0.1) is 0 Å². The van der Waals surface area contributed by atoms with Crippen LogP contribution in [0.15, 0.2) is 48.4 Å². The van der Waals surface area contributed by atoms with Crippen LogP contribution in [-0.4, -0.2) is 36.1 Å². The summed E-state index contributed by atoms with van der Waals surface area (Å²) in [7, 11) is 3.56. The number of methoxy groups -OCH3 is 1. The van der Waals surface area contributed by atoms with E-state index in [0.717, 1.165) is 28.6 Å². The fourth-order valence-corrected chi connectivity index (χ4v) is 3.96. The Labute approximate surface area is 178 Å². The van der Waals surface area contributed by atoms with Gasteiger partial charge in [0, 0.05) is 42.4 Å². The van der Waals surface area contributed by atoms with E-state index in [1.54, 1.807) is 31.4 Å². The van der Waals surface area contributed by atoms with E-state index in [4.69, 9.17) is 18.9 Å². The van der Waals surface area contributed by atoms with E-state index in [1.807, 2.05) is 36.0 Å². The molecular weight excluding hydrogens is 398 g/mol. The van der Waals surface area contributed by atoms with E-state index in [9.17, 15) is 9.59 Å². The molecule has 1 saturated heterocycles. The standard InChI is InChI=1S/C24H21NO6/c1-25-13-14(18-11-15(28-2)6-8-19(18)25)10-22-23(26)17-7-5-16(12-21(17)31-22)30-24(27)20-4-3-9-29-20/h5-8,10-13,20H,3-4,9H2,1-2H3/b22-10-. The lowest BCUT2D eigenvalue weighted by Crippen LogP contribution is -2.24. The van der Waals surface area contributed by atoms with Gasteiger partial charge in [0.1, 0.15) is 17.2 Å². The number of allylic oxidation sites excluding steroid dienone is 1. The first-order chi connectivity index (χ1) is 15.0. The zero-order chi connectivity index (χ0) is 21.5. The number of rotatable bonds is 4. The first kappa shape index (κ1) is 19.4. The third-order valence-corrected chi connectivity index (χ3v) is 5.57. The molecule has 0 spiro atoms. The van der Waals surface area contributed by atoms with Gasteiger partial charge < -0.3 is 23.5 Å². The molecule has 7 nitrogen and oxygen atoms in total. The number of benzene rings is 2. The number of aromatic nitrogens is 1. The van der Waals surface area contributed by atoms with E-state index in [1.165, 1.54) is 0 Å². The largest absolute Gasteiger partial charge is 0.497 e. The quantitative estimate of drug-likeness (QED) is 0.363. The highest BCUT2D eigenvalue weighted by Gasteiger charge is 2.30. The highest BCUT2D eigenvalue weighted by molar-refractivity contribution is 6.15. The molecule has 2 aliphatic heterocycles. The number of fused-ring (bicyclic) bond motifs is 2. The molecule has 0 amide bonds. The molecule has 31 heavy (non-hydrogen) atoms. The van der Waals surface area contributed by atoms with E-state index >= 15 is 0 Å². The van der Waals surface area contributed by atoms with Crippen molar-refractivity contribution >= 4 is 28.7 Å². The van der Waals surface area contributed by atoms with Crippen molar-refractivity contribution in [2.24, 2.45) is 7.05 Å². The molecule has 7 heteroatoms. The SMILES string of the molecule is COc1ccc2c(c1)c(/C=C1\Oc3cc(OC(=O)C4CCCO4)ccc3C1=O)cn2C. The lowest BCUT2D eigenvalue weighted by molar-refractivity contribution is -0.144. The Kier molecular flexibility index (Phi) is 4.75. The predicted molar refractivity (Wildman–Crippen MR) is 113 cm³/mol. The van der Waals surface area contributed by atoms with Gasteiger partial charge in [-0.25, -0.2) is 4.79 Å². The Morgan fingerprint density at radius 2 is 2.03 bits per heavy atom. The van der Waals surface area contributed by atoms with E-state index in [2.05, 4.69) is 0 Å². The average molecular weight is 419 g/mol. The molecule has 1 fully saturated rings.